The van der Waals surface area contributed by atoms with E-state index >= 15 is 0 Å². The zero-order valence-corrected chi connectivity index (χ0v) is 21.1. The van der Waals surface area contributed by atoms with Crippen LogP contribution >= 0.6 is 0 Å². The molecule has 0 aliphatic rings. The Balaban J connectivity index is 0. The number of hydrogen-bond donors (Lipinski definition) is 0. The predicted molar refractivity (Wildman–Crippen MR) is 114 cm³/mol. The van der Waals surface area contributed by atoms with E-state index in [-0.39, 0.29) is 12.4 Å². The molecule has 0 unspecified atom stereocenters. The predicted octanol–water partition coefficient (Wildman–Crippen LogP) is 2.50. The lowest BCUT2D eigenvalue weighted by atomic mass is 10.0. The van der Waals surface area contributed by atoms with Gasteiger partial charge in [-0.15, -0.1) is 0 Å². The first-order chi connectivity index (χ1) is 12.3. The Labute approximate surface area is 177 Å². The molecule has 0 aliphatic heterocycles. The van der Waals surface area contributed by atoms with Gasteiger partial charge in [0.25, 0.3) is 0 Å². The molecule has 0 saturated carbocycles. The maximum Gasteiger partial charge on any atom is 0.501 e. The van der Waals surface area contributed by atoms with E-state index in [1.165, 1.54) is 45.1 Å². The van der Waals surface area contributed by atoms with Gasteiger partial charge in [-0.25, -0.2) is 0 Å². The van der Waals surface area contributed by atoms with Crippen molar-refractivity contribution in [3.8, 4) is 0 Å². The second-order valence-corrected chi connectivity index (χ2v) is 11.2. The molecule has 0 aromatic carbocycles. The van der Waals surface area contributed by atoms with E-state index in [4.69, 9.17) is 13.3 Å². The molecule has 0 spiro atoms. The molecular formula is C21H48ClNO3Si. The minimum absolute atomic E-state index is 0. The summed E-state index contributed by atoms with van der Waals surface area (Å²) in [6.07, 6.45) is 9.38. The fourth-order valence-corrected chi connectivity index (χ4v) is 6.05. The van der Waals surface area contributed by atoms with Crippen molar-refractivity contribution >= 4 is 8.80 Å². The van der Waals surface area contributed by atoms with Gasteiger partial charge < -0.3 is 30.2 Å². The quantitative estimate of drug-likeness (QED) is 0.192. The average molecular weight is 426 g/mol. The molecule has 4 nitrogen and oxygen atoms in total. The van der Waals surface area contributed by atoms with Crippen molar-refractivity contribution < 1.29 is 30.2 Å². The average Bonchev–Trinajstić information content (AvgIpc) is 2.54. The number of quaternary nitrogens is 1. The minimum Gasteiger partial charge on any atom is -1.00 e. The second kappa shape index (κ2) is 17.2. The molecule has 0 aromatic rings. The van der Waals surface area contributed by atoms with E-state index in [9.17, 15) is 0 Å². The van der Waals surface area contributed by atoms with Crippen molar-refractivity contribution in [2.75, 3.05) is 47.0 Å². The van der Waals surface area contributed by atoms with Crippen LogP contribution < -0.4 is 12.4 Å². The van der Waals surface area contributed by atoms with Crippen molar-refractivity contribution in [3.05, 3.63) is 0 Å². The first-order valence-corrected chi connectivity index (χ1v) is 13.0. The number of halogens is 1. The highest BCUT2D eigenvalue weighted by Crippen LogP contribution is 2.20. The molecule has 27 heavy (non-hydrogen) atoms. The highest BCUT2D eigenvalue weighted by atomic mass is 35.5. The molecule has 0 N–H and O–H groups in total. The molecule has 0 bridgehead atoms. The van der Waals surface area contributed by atoms with Gasteiger partial charge in [0.1, 0.15) is 0 Å². The molecule has 0 fully saturated rings. The Kier molecular flexibility index (Phi) is 18.9. The van der Waals surface area contributed by atoms with Crippen molar-refractivity contribution in [1.82, 2.24) is 0 Å². The van der Waals surface area contributed by atoms with Gasteiger partial charge in [-0.1, -0.05) is 39.5 Å². The Hall–Kier alpha value is 0.347. The lowest BCUT2D eigenvalue weighted by Gasteiger charge is -2.32. The van der Waals surface area contributed by atoms with Gasteiger partial charge in [0.05, 0.1) is 27.2 Å². The van der Waals surface area contributed by atoms with E-state index in [0.29, 0.717) is 19.8 Å². The smallest absolute Gasteiger partial charge is 0.501 e. The van der Waals surface area contributed by atoms with Crippen LogP contribution in [0.25, 0.3) is 0 Å². The highest BCUT2D eigenvalue weighted by molar-refractivity contribution is 6.60. The maximum atomic E-state index is 5.97. The fraction of sp³-hybridized carbons (Fsp3) is 1.00. The van der Waals surface area contributed by atoms with Crippen LogP contribution in [0.5, 0.6) is 0 Å². The van der Waals surface area contributed by atoms with Gasteiger partial charge in [-0.2, -0.15) is 0 Å². The summed E-state index contributed by atoms with van der Waals surface area (Å²) in [5.41, 5.74) is 0. The largest absolute Gasteiger partial charge is 1.00 e. The zero-order chi connectivity index (χ0) is 19.9. The Morgan fingerprint density at radius 2 is 1.15 bits per heavy atom. The van der Waals surface area contributed by atoms with Gasteiger partial charge >= 0.3 is 8.80 Å². The second-order valence-electron chi connectivity index (χ2n) is 8.42. The summed E-state index contributed by atoms with van der Waals surface area (Å²) < 4.78 is 19.0. The summed E-state index contributed by atoms with van der Waals surface area (Å²) in [6, 6.07) is 0.930. The van der Waals surface area contributed by atoms with Crippen LogP contribution in [0.1, 0.15) is 79.6 Å². The van der Waals surface area contributed by atoms with Gasteiger partial charge in [0.2, 0.25) is 0 Å². The summed E-state index contributed by atoms with van der Waals surface area (Å²) >= 11 is 0. The van der Waals surface area contributed by atoms with Crippen LogP contribution in [0.3, 0.4) is 0 Å². The summed E-state index contributed by atoms with van der Waals surface area (Å²) in [6.45, 7) is 15.2. The number of unbranched alkanes of at least 4 members (excludes halogenated alkanes) is 4. The van der Waals surface area contributed by atoms with E-state index < -0.39 is 8.80 Å². The van der Waals surface area contributed by atoms with Crippen LogP contribution in [0, 0.1) is 5.92 Å². The summed E-state index contributed by atoms with van der Waals surface area (Å²) in [5.74, 6) is 0.853. The van der Waals surface area contributed by atoms with Crippen molar-refractivity contribution in [2.45, 2.75) is 85.6 Å². The summed E-state index contributed by atoms with van der Waals surface area (Å²) in [5, 5.41) is 0. The number of rotatable bonds is 18. The summed E-state index contributed by atoms with van der Waals surface area (Å²) in [7, 11) is 2.23. The molecule has 0 radical (unpaired) electrons. The molecule has 0 saturated heterocycles. The Morgan fingerprint density at radius 1 is 0.704 bits per heavy atom. The lowest BCUT2D eigenvalue weighted by Crippen LogP contribution is -3.00. The third-order valence-electron chi connectivity index (χ3n) is 4.88. The molecular weight excluding hydrogens is 378 g/mol. The third kappa shape index (κ3) is 15.9. The normalized spacial score (nSPS) is 12.4. The van der Waals surface area contributed by atoms with Crippen LogP contribution in [-0.4, -0.2) is 60.3 Å². The van der Waals surface area contributed by atoms with Crippen molar-refractivity contribution in [3.63, 3.8) is 0 Å². The van der Waals surface area contributed by atoms with Gasteiger partial charge in [0, 0.05) is 32.3 Å². The van der Waals surface area contributed by atoms with Gasteiger partial charge in [0.15, 0.2) is 0 Å². The molecule has 0 rings (SSSR count). The molecule has 0 atom stereocenters. The molecule has 0 heterocycles. The van der Waals surface area contributed by atoms with E-state index in [2.05, 4.69) is 27.9 Å². The lowest BCUT2D eigenvalue weighted by molar-refractivity contribution is -0.890. The minimum atomic E-state index is -2.47. The first-order valence-electron chi connectivity index (χ1n) is 11.0. The Morgan fingerprint density at radius 3 is 1.63 bits per heavy atom. The van der Waals surface area contributed by atoms with Crippen LogP contribution in [0.4, 0.5) is 0 Å². The molecule has 6 heteroatoms. The topological polar surface area (TPSA) is 27.7 Å². The molecule has 0 amide bonds. The standard InChI is InChI=1S/C21H48NO3Si.ClH/c1-8-23-26(24-9-2,25-10-3)20-16-19-22(6,7)18-15-13-11-12-14-17-21(4)5;/h21H,8-20H2,1-7H3;1H/q+1;/p-1. The monoisotopic (exact) mass is 425 g/mol. The SMILES string of the molecule is CCO[Si](CCC[N+](C)(C)CCCCCCCC(C)C)(OCC)OCC.[Cl-]. The fourth-order valence-electron chi connectivity index (χ4n) is 3.46. The highest BCUT2D eigenvalue weighted by Gasteiger charge is 2.40. The maximum absolute atomic E-state index is 5.97. The van der Waals surface area contributed by atoms with E-state index in [0.717, 1.165) is 29.4 Å². The zero-order valence-electron chi connectivity index (χ0n) is 19.3. The first kappa shape index (κ1) is 29.5. The van der Waals surface area contributed by atoms with Crippen molar-refractivity contribution in [2.24, 2.45) is 5.92 Å². The number of nitrogens with zero attached hydrogens (tertiary/aromatic N) is 1. The van der Waals surface area contributed by atoms with Crippen LogP contribution in [-0.2, 0) is 13.3 Å². The number of hydrogen-bond acceptors (Lipinski definition) is 3. The molecule has 0 aliphatic carbocycles. The third-order valence-corrected chi connectivity index (χ3v) is 8.04. The van der Waals surface area contributed by atoms with Crippen LogP contribution in [0.15, 0.2) is 0 Å². The van der Waals surface area contributed by atoms with Gasteiger partial charge in [-0.05, 0) is 39.5 Å². The van der Waals surface area contributed by atoms with Crippen LogP contribution in [0.2, 0.25) is 6.04 Å². The Bertz CT molecular complexity index is 314. The summed E-state index contributed by atoms with van der Waals surface area (Å²) in [4.78, 5) is 0. The van der Waals surface area contributed by atoms with Crippen molar-refractivity contribution in [1.29, 1.82) is 0 Å². The van der Waals surface area contributed by atoms with Gasteiger partial charge in [-0.3, -0.25) is 0 Å². The molecule has 0 aromatic heterocycles. The molecule has 166 valence electrons. The van der Waals surface area contributed by atoms with E-state index in [1.807, 2.05) is 20.8 Å². The van der Waals surface area contributed by atoms with E-state index in [1.54, 1.807) is 0 Å².